The Balaban J connectivity index is 0.973. The van der Waals surface area contributed by atoms with E-state index < -0.39 is 103 Å². The standard InChI is InChI=1S/C102H78BN5O2/c1-100(2,3)65-29-25-28-62(50-65)64-52-90(98-76-35-18-24-41-94(76)110-96(98)54-64)108-88-58-69(105-83-38-21-15-32-73(83)74-33-16-22-39-84(74)105)45-47-80(88)103-79-46-44-68(104-81-36-19-13-30-71(81)72-31-14-20-37-82(72)104)57-87(79)107(89-51-63(61-26-11-10-12-27-61)53-95-97(89)75-34-17-23-40-93(75)109-95)91-59-70(60-92(108)99(91)103)106-85-48-42-66(101(4,5)6)55-77(85)78-56-67(102(7,8)9)43-49-86(78)106/h10-60H,1-9H3/i13D,14D,15D,16D,19D,20D,21D,22D,30D,31D,32D,33D,36D,37D,38D,39D. The summed E-state index contributed by atoms with van der Waals surface area (Å²) in [5, 5.41) is 4.69. The maximum atomic E-state index is 9.97. The zero-order valence-electron chi connectivity index (χ0n) is 77.8. The van der Waals surface area contributed by atoms with E-state index in [1.54, 1.807) is 9.13 Å². The fourth-order valence-electron chi connectivity index (χ4n) is 17.6. The number of benzene rings is 15. The number of hydrogen-bond acceptors (Lipinski definition) is 4. The molecule has 0 unspecified atom stereocenters. The summed E-state index contributed by atoms with van der Waals surface area (Å²) in [5.74, 6) is 0. The highest BCUT2D eigenvalue weighted by Gasteiger charge is 2.46. The van der Waals surface area contributed by atoms with E-state index in [1.807, 2.05) is 97.1 Å². The van der Waals surface area contributed by atoms with Gasteiger partial charge in [0, 0.05) is 77.2 Å². The van der Waals surface area contributed by atoms with E-state index in [-0.39, 0.29) is 71.2 Å². The van der Waals surface area contributed by atoms with Gasteiger partial charge in [0.2, 0.25) is 0 Å². The lowest BCUT2D eigenvalue weighted by atomic mass is 9.33. The topological polar surface area (TPSA) is 47.6 Å². The van der Waals surface area contributed by atoms with Gasteiger partial charge in [0.15, 0.2) is 0 Å². The first-order valence-electron chi connectivity index (χ1n) is 45.3. The van der Waals surface area contributed by atoms with Crippen molar-refractivity contribution in [2.45, 2.75) is 78.6 Å². The van der Waals surface area contributed by atoms with Crippen LogP contribution in [0.5, 0.6) is 0 Å². The van der Waals surface area contributed by atoms with Gasteiger partial charge < -0.3 is 32.3 Å². The zero-order valence-corrected chi connectivity index (χ0v) is 61.8. The first kappa shape index (κ1) is 49.8. The summed E-state index contributed by atoms with van der Waals surface area (Å²) in [6.45, 7) is 19.0. The van der Waals surface area contributed by atoms with E-state index in [2.05, 4.69) is 192 Å². The molecule has 7 nitrogen and oxygen atoms in total. The molecule has 0 N–H and O–H groups in total. The summed E-state index contributed by atoms with van der Waals surface area (Å²) in [5.41, 5.74) is 16.8. The molecule has 20 aromatic rings. The van der Waals surface area contributed by atoms with Gasteiger partial charge in [-0.25, -0.2) is 0 Å². The van der Waals surface area contributed by atoms with Gasteiger partial charge in [-0.3, -0.25) is 0 Å². The van der Waals surface area contributed by atoms with Crippen molar-refractivity contribution in [2.24, 2.45) is 0 Å². The lowest BCUT2D eigenvalue weighted by Gasteiger charge is -2.45. The summed E-state index contributed by atoms with van der Waals surface area (Å²) < 4.78 is 173. The van der Waals surface area contributed by atoms with Crippen LogP contribution in [0.3, 0.4) is 0 Å². The Morgan fingerprint density at radius 1 is 0.273 bits per heavy atom. The number of aromatic nitrogens is 3. The van der Waals surface area contributed by atoms with Gasteiger partial charge in [-0.15, -0.1) is 0 Å². The van der Waals surface area contributed by atoms with Crippen molar-refractivity contribution in [2.75, 3.05) is 9.80 Å². The van der Waals surface area contributed by atoms with Gasteiger partial charge >= 0.3 is 0 Å². The van der Waals surface area contributed by atoms with Crippen LogP contribution in [0.4, 0.5) is 34.1 Å². The van der Waals surface area contributed by atoms with E-state index in [1.165, 1.54) is 0 Å². The second-order valence-electron chi connectivity index (χ2n) is 32.5. The van der Waals surface area contributed by atoms with Gasteiger partial charge in [-0.2, -0.15) is 0 Å². The van der Waals surface area contributed by atoms with Crippen LogP contribution in [0.15, 0.2) is 318 Å². The molecule has 110 heavy (non-hydrogen) atoms. The molecule has 0 bridgehead atoms. The zero-order chi connectivity index (χ0) is 87.9. The predicted molar refractivity (Wildman–Crippen MR) is 465 cm³/mol. The van der Waals surface area contributed by atoms with E-state index in [0.29, 0.717) is 73.1 Å². The summed E-state index contributed by atoms with van der Waals surface area (Å²) in [6, 6.07) is 64.1. The normalized spacial score (nSPS) is 15.3. The fraction of sp³-hybridized carbons (Fsp3) is 0.118. The van der Waals surface area contributed by atoms with Gasteiger partial charge in [0.1, 0.15) is 22.3 Å². The number of nitrogens with zero attached hydrogens (tertiary/aromatic N) is 5. The summed E-state index contributed by atoms with van der Waals surface area (Å²) in [6.07, 6.45) is 0. The van der Waals surface area contributed by atoms with Crippen molar-refractivity contribution in [3.8, 4) is 39.3 Å². The van der Waals surface area contributed by atoms with Crippen molar-refractivity contribution >= 4 is 167 Å². The van der Waals surface area contributed by atoms with Crippen molar-refractivity contribution in [1.29, 1.82) is 0 Å². The average Bonchev–Trinajstić information content (AvgIpc) is 1.06. The van der Waals surface area contributed by atoms with Crippen LogP contribution in [0, 0.1) is 0 Å². The van der Waals surface area contributed by atoms with E-state index in [0.717, 1.165) is 87.8 Å². The molecule has 7 heterocycles. The highest BCUT2D eigenvalue weighted by Crippen LogP contribution is 2.54. The van der Waals surface area contributed by atoms with Crippen LogP contribution in [-0.4, -0.2) is 20.4 Å². The van der Waals surface area contributed by atoms with Crippen LogP contribution >= 0.6 is 0 Å². The smallest absolute Gasteiger partial charge is 0.252 e. The highest BCUT2D eigenvalue weighted by molar-refractivity contribution is 7.00. The third-order valence-corrected chi connectivity index (χ3v) is 22.9. The number of anilines is 6. The van der Waals surface area contributed by atoms with Crippen molar-refractivity contribution in [1.82, 2.24) is 13.7 Å². The third-order valence-electron chi connectivity index (χ3n) is 22.9. The molecule has 0 amide bonds. The fourth-order valence-corrected chi connectivity index (χ4v) is 17.6. The number of furan rings is 2. The average molecular weight is 1430 g/mol. The van der Waals surface area contributed by atoms with Gasteiger partial charge in [-0.05, 0) is 193 Å². The molecule has 0 saturated carbocycles. The monoisotopic (exact) mass is 1430 g/mol. The quantitative estimate of drug-likeness (QED) is 0.149. The molecule has 0 atom stereocenters. The Labute approximate surface area is 661 Å². The second kappa shape index (κ2) is 23.2. The lowest BCUT2D eigenvalue weighted by Crippen LogP contribution is -2.61. The van der Waals surface area contributed by atoms with Gasteiger partial charge in [0.05, 0.1) is 82.9 Å². The Morgan fingerprint density at radius 2 is 0.664 bits per heavy atom. The van der Waals surface area contributed by atoms with Crippen LogP contribution in [0.2, 0.25) is 0 Å². The van der Waals surface area contributed by atoms with Crippen molar-refractivity contribution in [3.63, 3.8) is 0 Å². The maximum Gasteiger partial charge on any atom is 0.252 e. The first-order valence-corrected chi connectivity index (χ1v) is 37.3. The second-order valence-corrected chi connectivity index (χ2v) is 32.5. The van der Waals surface area contributed by atoms with Crippen LogP contribution in [0.25, 0.3) is 149 Å². The minimum absolute atomic E-state index is 0.0726. The largest absolute Gasteiger partial charge is 0.456 e. The number of rotatable bonds is 7. The van der Waals surface area contributed by atoms with Gasteiger partial charge in [0.25, 0.3) is 6.71 Å². The molecule has 0 saturated heterocycles. The van der Waals surface area contributed by atoms with E-state index in [4.69, 9.17) is 11.6 Å². The molecule has 526 valence electrons. The van der Waals surface area contributed by atoms with E-state index >= 15 is 0 Å². The summed E-state index contributed by atoms with van der Waals surface area (Å²) in [4.78, 5) is 4.55. The molecular formula is C102H78BN5O2. The highest BCUT2D eigenvalue weighted by atomic mass is 16.3. The number of hydrogen-bond donors (Lipinski definition) is 0. The molecule has 2 aliphatic rings. The molecular weight excluding hydrogens is 1340 g/mol. The van der Waals surface area contributed by atoms with Crippen LogP contribution in [0.1, 0.15) is 101 Å². The molecule has 5 aromatic heterocycles. The molecule has 8 heteroatoms. The first-order chi connectivity index (χ1) is 60.1. The summed E-state index contributed by atoms with van der Waals surface area (Å²) >= 11 is 0. The molecule has 22 rings (SSSR count). The SMILES string of the molecule is [2H]c1c([2H])c([2H])c2c(c1[2H])c1c([2H])c([2H])c([2H])c([2H])c1n2-c1ccc2c(c1)N(c1cc(-c3ccccc3)cc3oc4ccccc4c13)c1cc(-n3c4ccc(C(C)(C)C)cc4c4cc(C(C)(C)C)ccc43)cc3c1B2c1ccc(-n2c4c([2H])c([2H])c([2H])c([2H])c4c4c([2H])c([2H])c([2H])c([2H])c42)cc1N3c1cc(-c2cccc(C(C)(C)C)c2)cc2oc3ccccc3c12. The Morgan fingerprint density at radius 3 is 1.12 bits per heavy atom. The Bertz CT molecular complexity index is 8120. The van der Waals surface area contributed by atoms with Crippen molar-refractivity contribution < 1.29 is 30.8 Å². The third kappa shape index (κ3) is 9.51. The maximum absolute atomic E-state index is 9.97. The lowest BCUT2D eigenvalue weighted by molar-refractivity contribution is 0.590. The van der Waals surface area contributed by atoms with Crippen LogP contribution < -0.4 is 26.2 Å². The minimum Gasteiger partial charge on any atom is -0.456 e. The Kier molecular flexibility index (Phi) is 10.5. The number of fused-ring (bicyclic) bond motifs is 19. The molecule has 0 aliphatic carbocycles. The molecule has 0 spiro atoms. The van der Waals surface area contributed by atoms with Crippen molar-refractivity contribution in [3.05, 3.63) is 326 Å². The molecule has 15 aromatic carbocycles. The summed E-state index contributed by atoms with van der Waals surface area (Å²) in [7, 11) is 0. The van der Waals surface area contributed by atoms with Gasteiger partial charge in [-0.1, -0.05) is 250 Å². The minimum atomic E-state index is -0.843. The number of para-hydroxylation sites is 6. The Hall–Kier alpha value is -13.0. The molecule has 0 fully saturated rings. The predicted octanol–water partition coefficient (Wildman–Crippen LogP) is 26.1. The van der Waals surface area contributed by atoms with E-state index in [9.17, 15) is 19.2 Å². The molecule has 2 aliphatic heterocycles. The van der Waals surface area contributed by atoms with Crippen LogP contribution in [-0.2, 0) is 16.2 Å². The molecule has 0 radical (unpaired) electrons.